The molecule has 0 aliphatic carbocycles. The zero-order valence-electron chi connectivity index (χ0n) is 16.4. The van der Waals surface area contributed by atoms with E-state index in [9.17, 15) is 26.4 Å². The van der Waals surface area contributed by atoms with Gasteiger partial charge in [0.15, 0.2) is 0 Å². The molecule has 162 valence electrons. The number of rotatable bonds is 3. The number of carbonyl (C=O) groups excluding carboxylic acids is 1. The molecule has 6 nitrogen and oxygen atoms in total. The summed E-state index contributed by atoms with van der Waals surface area (Å²) in [7, 11) is -3.91. The van der Waals surface area contributed by atoms with Crippen molar-refractivity contribution in [3.63, 3.8) is 0 Å². The van der Waals surface area contributed by atoms with Gasteiger partial charge >= 0.3 is 6.18 Å². The SMILES string of the molecule is CC1CC(C(=O)N2CCN(S(=O)(=O)c3ccc(C(F)(F)F)cc3)CC2)CC(C)O1. The average molecular weight is 434 g/mol. The standard InChI is InChI=1S/C19H25F3N2O4S/c1-13-11-15(12-14(2)28-13)18(25)23-7-9-24(10-8-23)29(26,27)17-5-3-16(4-6-17)19(20,21)22/h3-6,13-15H,7-12H2,1-2H3. The summed E-state index contributed by atoms with van der Waals surface area (Å²) in [4.78, 5) is 14.3. The number of amides is 1. The van der Waals surface area contributed by atoms with Gasteiger partial charge < -0.3 is 9.64 Å². The van der Waals surface area contributed by atoms with E-state index in [1.807, 2.05) is 13.8 Å². The normalized spacial score (nSPS) is 27.1. The molecule has 1 aromatic carbocycles. The van der Waals surface area contributed by atoms with Gasteiger partial charge in [-0.25, -0.2) is 8.42 Å². The number of ether oxygens (including phenoxy) is 1. The van der Waals surface area contributed by atoms with E-state index in [1.54, 1.807) is 4.90 Å². The van der Waals surface area contributed by atoms with Crippen molar-refractivity contribution in [3.05, 3.63) is 29.8 Å². The van der Waals surface area contributed by atoms with Gasteiger partial charge in [0.2, 0.25) is 15.9 Å². The fraction of sp³-hybridized carbons (Fsp3) is 0.632. The van der Waals surface area contributed by atoms with Crippen molar-refractivity contribution in [1.82, 2.24) is 9.21 Å². The van der Waals surface area contributed by atoms with Gasteiger partial charge in [-0.05, 0) is 51.0 Å². The minimum Gasteiger partial charge on any atom is -0.376 e. The van der Waals surface area contributed by atoms with Crippen LogP contribution in [0.1, 0.15) is 32.3 Å². The monoisotopic (exact) mass is 434 g/mol. The van der Waals surface area contributed by atoms with E-state index in [1.165, 1.54) is 4.31 Å². The van der Waals surface area contributed by atoms with E-state index in [4.69, 9.17) is 4.74 Å². The highest BCUT2D eigenvalue weighted by molar-refractivity contribution is 7.89. The first-order valence-electron chi connectivity index (χ1n) is 9.60. The average Bonchev–Trinajstić information content (AvgIpc) is 2.66. The van der Waals surface area contributed by atoms with Crippen LogP contribution < -0.4 is 0 Å². The van der Waals surface area contributed by atoms with Crippen molar-refractivity contribution in [3.8, 4) is 0 Å². The maximum absolute atomic E-state index is 12.8. The fourth-order valence-corrected chi connectivity index (χ4v) is 5.40. The predicted molar refractivity (Wildman–Crippen MR) is 99.5 cm³/mol. The van der Waals surface area contributed by atoms with E-state index in [2.05, 4.69) is 0 Å². The molecule has 0 saturated carbocycles. The van der Waals surface area contributed by atoms with E-state index >= 15 is 0 Å². The Hall–Kier alpha value is -1.65. The number of halogens is 3. The molecule has 0 N–H and O–H groups in total. The van der Waals surface area contributed by atoms with Gasteiger partial charge in [0.05, 0.1) is 22.7 Å². The molecule has 29 heavy (non-hydrogen) atoms. The molecule has 2 unspecified atom stereocenters. The molecule has 2 aliphatic rings. The second-order valence-electron chi connectivity index (χ2n) is 7.68. The van der Waals surface area contributed by atoms with Gasteiger partial charge in [0.25, 0.3) is 0 Å². The molecule has 2 saturated heterocycles. The largest absolute Gasteiger partial charge is 0.416 e. The summed E-state index contributed by atoms with van der Waals surface area (Å²) in [6.45, 7) is 4.62. The molecule has 0 radical (unpaired) electrons. The summed E-state index contributed by atoms with van der Waals surface area (Å²) in [6.07, 6.45) is -3.21. The van der Waals surface area contributed by atoms with Gasteiger partial charge in [-0.2, -0.15) is 17.5 Å². The van der Waals surface area contributed by atoms with Crippen molar-refractivity contribution in [2.45, 2.75) is 50.0 Å². The van der Waals surface area contributed by atoms with E-state index in [0.717, 1.165) is 24.3 Å². The number of hydrogen-bond acceptors (Lipinski definition) is 4. The van der Waals surface area contributed by atoms with Crippen LogP contribution in [0, 0.1) is 5.92 Å². The molecule has 3 rings (SSSR count). The third kappa shape index (κ3) is 4.92. The first-order valence-corrected chi connectivity index (χ1v) is 11.0. The Morgan fingerprint density at radius 2 is 1.52 bits per heavy atom. The van der Waals surface area contributed by atoms with Crippen LogP contribution in [0.3, 0.4) is 0 Å². The summed E-state index contributed by atoms with van der Waals surface area (Å²) < 4.78 is 70.4. The summed E-state index contributed by atoms with van der Waals surface area (Å²) in [5.74, 6) is -0.120. The lowest BCUT2D eigenvalue weighted by Crippen LogP contribution is -2.52. The molecule has 0 spiro atoms. The van der Waals surface area contributed by atoms with Crippen LogP contribution in [0.5, 0.6) is 0 Å². The fourth-order valence-electron chi connectivity index (χ4n) is 3.98. The van der Waals surface area contributed by atoms with Crippen molar-refractivity contribution >= 4 is 15.9 Å². The Labute approximate surface area is 168 Å². The quantitative estimate of drug-likeness (QED) is 0.734. The Kier molecular flexibility index (Phi) is 6.26. The summed E-state index contributed by atoms with van der Waals surface area (Å²) in [5, 5.41) is 0. The third-order valence-corrected chi connectivity index (χ3v) is 7.33. The molecule has 2 fully saturated rings. The Bertz CT molecular complexity index is 824. The van der Waals surface area contributed by atoms with Crippen molar-refractivity contribution < 1.29 is 31.1 Å². The lowest BCUT2D eigenvalue weighted by atomic mass is 9.91. The van der Waals surface area contributed by atoms with Gasteiger partial charge in [0.1, 0.15) is 0 Å². The number of carbonyl (C=O) groups is 1. The van der Waals surface area contributed by atoms with Gasteiger partial charge in [-0.15, -0.1) is 0 Å². The maximum Gasteiger partial charge on any atom is 0.416 e. The minimum absolute atomic E-state index is 0.00837. The number of alkyl halides is 3. The molecule has 2 heterocycles. The highest BCUT2D eigenvalue weighted by atomic mass is 32.2. The Morgan fingerprint density at radius 3 is 2.00 bits per heavy atom. The smallest absolute Gasteiger partial charge is 0.376 e. The zero-order chi connectivity index (χ0) is 21.4. The lowest BCUT2D eigenvalue weighted by Gasteiger charge is -2.38. The molecule has 2 aliphatic heterocycles. The van der Waals surface area contributed by atoms with Crippen molar-refractivity contribution in [2.75, 3.05) is 26.2 Å². The van der Waals surface area contributed by atoms with Crippen molar-refractivity contribution in [1.29, 1.82) is 0 Å². The van der Waals surface area contributed by atoms with Crippen LogP contribution in [-0.2, 0) is 25.7 Å². The minimum atomic E-state index is -4.52. The molecule has 0 aromatic heterocycles. The van der Waals surface area contributed by atoms with Crippen LogP contribution >= 0.6 is 0 Å². The summed E-state index contributed by atoms with van der Waals surface area (Å²) in [6, 6.07) is 3.47. The number of benzene rings is 1. The Balaban J connectivity index is 1.63. The third-order valence-electron chi connectivity index (χ3n) is 5.42. The molecular formula is C19H25F3N2O4S. The second-order valence-corrected chi connectivity index (χ2v) is 9.62. The van der Waals surface area contributed by atoms with Gasteiger partial charge in [-0.1, -0.05) is 0 Å². The highest BCUT2D eigenvalue weighted by Crippen LogP contribution is 2.31. The number of hydrogen-bond donors (Lipinski definition) is 0. The molecule has 0 bridgehead atoms. The van der Waals surface area contributed by atoms with Crippen LogP contribution in [0.15, 0.2) is 29.2 Å². The van der Waals surface area contributed by atoms with Crippen LogP contribution in [0.4, 0.5) is 13.2 Å². The number of nitrogens with zero attached hydrogens (tertiary/aromatic N) is 2. The van der Waals surface area contributed by atoms with E-state index in [-0.39, 0.29) is 55.1 Å². The summed E-state index contributed by atoms with van der Waals surface area (Å²) >= 11 is 0. The molecule has 1 amide bonds. The van der Waals surface area contributed by atoms with Crippen molar-refractivity contribution in [2.24, 2.45) is 5.92 Å². The molecule has 1 aromatic rings. The van der Waals surface area contributed by atoms with E-state index in [0.29, 0.717) is 12.8 Å². The second kappa shape index (κ2) is 8.23. The van der Waals surface area contributed by atoms with Gasteiger partial charge in [-0.3, -0.25) is 4.79 Å². The zero-order valence-corrected chi connectivity index (χ0v) is 17.2. The van der Waals surface area contributed by atoms with Gasteiger partial charge in [0, 0.05) is 32.1 Å². The first kappa shape index (κ1) is 22.0. The molecular weight excluding hydrogens is 409 g/mol. The van der Waals surface area contributed by atoms with Crippen LogP contribution in [0.25, 0.3) is 0 Å². The molecule has 2 atom stereocenters. The lowest BCUT2D eigenvalue weighted by molar-refractivity contribution is -0.144. The number of sulfonamides is 1. The maximum atomic E-state index is 12.8. The first-order chi connectivity index (χ1) is 13.5. The number of piperazine rings is 1. The van der Waals surface area contributed by atoms with Crippen LogP contribution in [-0.4, -0.2) is 61.9 Å². The van der Waals surface area contributed by atoms with Crippen LogP contribution in [0.2, 0.25) is 0 Å². The summed E-state index contributed by atoms with van der Waals surface area (Å²) in [5.41, 5.74) is -0.896. The highest BCUT2D eigenvalue weighted by Gasteiger charge is 2.36. The Morgan fingerprint density at radius 1 is 1.00 bits per heavy atom. The predicted octanol–water partition coefficient (Wildman–Crippen LogP) is 2.74. The van der Waals surface area contributed by atoms with E-state index < -0.39 is 21.8 Å². The molecule has 10 heteroatoms. The topological polar surface area (TPSA) is 66.9 Å².